The van der Waals surface area contributed by atoms with Gasteiger partial charge in [-0.2, -0.15) is 0 Å². The van der Waals surface area contributed by atoms with Crippen LogP contribution in [0.1, 0.15) is 107 Å². The lowest BCUT2D eigenvalue weighted by Gasteiger charge is -2.39. The molecule has 4 rings (SSSR count). The Morgan fingerprint density at radius 3 is 2.28 bits per heavy atom. The molecule has 0 unspecified atom stereocenters. The van der Waals surface area contributed by atoms with E-state index in [-0.39, 0.29) is 42.2 Å². The van der Waals surface area contributed by atoms with Gasteiger partial charge in [-0.05, 0) is 61.8 Å². The number of hydrogen-bond acceptors (Lipinski definition) is 7. The van der Waals surface area contributed by atoms with Crippen LogP contribution in [0.2, 0.25) is 0 Å². The van der Waals surface area contributed by atoms with Crippen LogP contribution in [0.4, 0.5) is 14.5 Å². The summed E-state index contributed by atoms with van der Waals surface area (Å²) < 4.78 is 28.8. The summed E-state index contributed by atoms with van der Waals surface area (Å²) in [6, 6.07) is 3.29. The number of amides is 2. The van der Waals surface area contributed by atoms with E-state index >= 15 is 0 Å². The van der Waals surface area contributed by atoms with Crippen molar-refractivity contribution in [3.05, 3.63) is 46.3 Å². The summed E-state index contributed by atoms with van der Waals surface area (Å²) in [5, 5.41) is 32.4. The van der Waals surface area contributed by atoms with Gasteiger partial charge in [0.25, 0.3) is 6.43 Å². The van der Waals surface area contributed by atoms with E-state index < -0.39 is 12.4 Å². The summed E-state index contributed by atoms with van der Waals surface area (Å²) in [5.74, 6) is -0.485. The number of unbranched alkanes of at least 4 members (excludes halogenated alkanes) is 5. The zero-order valence-electron chi connectivity index (χ0n) is 29.5. The summed E-state index contributed by atoms with van der Waals surface area (Å²) in [6.07, 6.45) is 9.39. The molecule has 1 fully saturated rings. The first-order valence-corrected chi connectivity index (χ1v) is 18.0. The summed E-state index contributed by atoms with van der Waals surface area (Å²) in [4.78, 5) is 41.4. The SMILES string of the molecule is CN/C=C(\C=N)c1cc2c(cc1C(F)F)N(C(=N)C1=C(NC3CCN(C(=O)CCCCCCCCC(=O)O)CC3)CCN(C(C)=O)C1)CCC2. The number of carbonyl (C=O) groups excluding carboxylic acids is 2. The Hall–Kier alpha value is -4.29. The number of fused-ring (bicyclic) bond motifs is 1. The zero-order valence-corrected chi connectivity index (χ0v) is 29.5. The highest BCUT2D eigenvalue weighted by Crippen LogP contribution is 2.38. The third-order valence-electron chi connectivity index (χ3n) is 9.97. The van der Waals surface area contributed by atoms with Crippen LogP contribution in [-0.2, 0) is 20.8 Å². The molecule has 274 valence electrons. The van der Waals surface area contributed by atoms with Crippen molar-refractivity contribution in [3.63, 3.8) is 0 Å². The highest BCUT2D eigenvalue weighted by molar-refractivity contribution is 6.11. The second-order valence-corrected chi connectivity index (χ2v) is 13.5. The van der Waals surface area contributed by atoms with Crippen LogP contribution < -0.4 is 15.5 Å². The molecule has 0 bridgehead atoms. The van der Waals surface area contributed by atoms with E-state index in [1.165, 1.54) is 19.2 Å². The molecule has 13 heteroatoms. The largest absolute Gasteiger partial charge is 0.481 e. The Balaban J connectivity index is 1.43. The van der Waals surface area contributed by atoms with E-state index in [0.717, 1.165) is 68.8 Å². The average Bonchev–Trinajstić information content (AvgIpc) is 3.10. The van der Waals surface area contributed by atoms with E-state index in [2.05, 4.69) is 10.6 Å². The van der Waals surface area contributed by atoms with Gasteiger partial charge in [-0.1, -0.05) is 25.7 Å². The molecule has 5 N–H and O–H groups in total. The fraction of sp³-hybridized carbons (Fsp3) is 0.595. The van der Waals surface area contributed by atoms with Crippen molar-refractivity contribution in [2.24, 2.45) is 0 Å². The molecule has 0 aliphatic carbocycles. The van der Waals surface area contributed by atoms with Gasteiger partial charge in [0.2, 0.25) is 11.8 Å². The van der Waals surface area contributed by atoms with Crippen LogP contribution in [0.25, 0.3) is 5.57 Å². The van der Waals surface area contributed by atoms with Gasteiger partial charge in [0.1, 0.15) is 5.84 Å². The Bertz CT molecular complexity index is 1470. The molecule has 3 aliphatic rings. The summed E-state index contributed by atoms with van der Waals surface area (Å²) in [5.41, 5.74) is 3.43. The normalized spacial score (nSPS) is 17.1. The van der Waals surface area contributed by atoms with Crippen molar-refractivity contribution >= 4 is 41.1 Å². The summed E-state index contributed by atoms with van der Waals surface area (Å²) in [7, 11) is 1.66. The molecule has 1 aromatic rings. The molecular formula is C37H53F2N7O4. The van der Waals surface area contributed by atoms with E-state index in [4.69, 9.17) is 10.5 Å². The van der Waals surface area contributed by atoms with Gasteiger partial charge in [0.05, 0.1) is 6.54 Å². The van der Waals surface area contributed by atoms with Gasteiger partial charge in [-0.3, -0.25) is 19.8 Å². The van der Waals surface area contributed by atoms with Crippen molar-refractivity contribution in [2.45, 2.75) is 103 Å². The van der Waals surface area contributed by atoms with E-state index in [1.807, 2.05) is 4.90 Å². The molecule has 3 aliphatic heterocycles. The minimum absolute atomic E-state index is 0.0847. The average molecular weight is 698 g/mol. The predicted molar refractivity (Wildman–Crippen MR) is 192 cm³/mol. The van der Waals surface area contributed by atoms with Crippen LogP contribution in [0.5, 0.6) is 0 Å². The number of nitrogens with zero attached hydrogens (tertiary/aromatic N) is 3. The first-order chi connectivity index (χ1) is 24.0. The highest BCUT2D eigenvalue weighted by Gasteiger charge is 2.32. The summed E-state index contributed by atoms with van der Waals surface area (Å²) >= 11 is 0. The van der Waals surface area contributed by atoms with E-state index in [0.29, 0.717) is 74.3 Å². The van der Waals surface area contributed by atoms with Crippen molar-refractivity contribution in [2.75, 3.05) is 44.7 Å². The Morgan fingerprint density at radius 2 is 1.66 bits per heavy atom. The number of hydrogen-bond donors (Lipinski definition) is 5. The maximum atomic E-state index is 14.4. The number of alkyl halides is 2. The molecule has 1 saturated heterocycles. The molecule has 0 aromatic heterocycles. The number of carboxylic acid groups (broad SMARTS) is 1. The first kappa shape index (κ1) is 38.5. The summed E-state index contributed by atoms with van der Waals surface area (Å²) in [6.45, 7) is 4.06. The van der Waals surface area contributed by atoms with E-state index in [1.54, 1.807) is 22.9 Å². The minimum atomic E-state index is -2.77. The standard InChI is InChI=1S/C37H53F2N7O4/c1-25(47)45-19-15-32(43-28-13-17-44(18-14-28)34(48)11-7-5-3-4-6-8-12-35(49)50)31(24-45)37(41)46-16-9-10-26-20-29(27(22-40)23-42-2)30(36(38)39)21-33(26)46/h20-23,28,36,40-43H,3-19,24H2,1-2H3,(H,49,50)/b27-23+,40-22?,41-37?. The number of halogens is 2. The quantitative estimate of drug-likeness (QED) is 0.0825. The van der Waals surface area contributed by atoms with Crippen molar-refractivity contribution < 1.29 is 28.3 Å². The number of likely N-dealkylation sites (tertiary alicyclic amines) is 1. The number of aliphatic carboxylic acids is 1. The molecule has 2 amide bonds. The number of rotatable bonds is 16. The molecule has 0 atom stereocenters. The van der Waals surface area contributed by atoms with Crippen LogP contribution in [0.15, 0.2) is 29.6 Å². The lowest BCUT2D eigenvalue weighted by atomic mass is 9.91. The Kier molecular flexibility index (Phi) is 14.4. The number of carbonyl (C=O) groups is 3. The first-order valence-electron chi connectivity index (χ1n) is 18.0. The minimum Gasteiger partial charge on any atom is -0.481 e. The maximum absolute atomic E-state index is 14.4. The highest BCUT2D eigenvalue weighted by atomic mass is 19.3. The Morgan fingerprint density at radius 1 is 0.980 bits per heavy atom. The van der Waals surface area contributed by atoms with Crippen LogP contribution >= 0.6 is 0 Å². The smallest absolute Gasteiger partial charge is 0.303 e. The van der Waals surface area contributed by atoms with Crippen LogP contribution in [0.3, 0.4) is 0 Å². The number of allylic oxidation sites excluding steroid dienone is 1. The molecule has 0 spiro atoms. The monoisotopic (exact) mass is 697 g/mol. The molecular weight excluding hydrogens is 644 g/mol. The zero-order chi connectivity index (χ0) is 36.2. The molecule has 0 saturated carbocycles. The lowest BCUT2D eigenvalue weighted by molar-refractivity contribution is -0.137. The Labute approximate surface area is 294 Å². The number of benzene rings is 1. The number of aryl methyl sites for hydroxylation is 1. The predicted octanol–water partition coefficient (Wildman–Crippen LogP) is 5.86. The maximum Gasteiger partial charge on any atom is 0.303 e. The van der Waals surface area contributed by atoms with Gasteiger partial charge in [0, 0.05) is 106 Å². The fourth-order valence-electron chi connectivity index (χ4n) is 7.17. The van der Waals surface area contributed by atoms with Crippen molar-refractivity contribution in [1.29, 1.82) is 10.8 Å². The number of carboxylic acids is 1. The van der Waals surface area contributed by atoms with Crippen LogP contribution in [0, 0.1) is 10.8 Å². The van der Waals surface area contributed by atoms with E-state index in [9.17, 15) is 28.6 Å². The van der Waals surface area contributed by atoms with Crippen LogP contribution in [-0.4, -0.2) is 90.6 Å². The second kappa shape index (κ2) is 18.6. The van der Waals surface area contributed by atoms with Gasteiger partial charge >= 0.3 is 5.97 Å². The third kappa shape index (κ3) is 10.1. The van der Waals surface area contributed by atoms with Crippen molar-refractivity contribution in [1.82, 2.24) is 20.4 Å². The third-order valence-corrected chi connectivity index (χ3v) is 9.97. The number of amidine groups is 1. The molecule has 3 heterocycles. The number of anilines is 1. The van der Waals surface area contributed by atoms with Gasteiger partial charge in [-0.15, -0.1) is 0 Å². The lowest BCUT2D eigenvalue weighted by Crippen LogP contribution is -2.48. The molecule has 1 aromatic carbocycles. The van der Waals surface area contributed by atoms with Gasteiger partial charge in [0.15, 0.2) is 0 Å². The van der Waals surface area contributed by atoms with Crippen molar-refractivity contribution in [3.8, 4) is 0 Å². The molecule has 50 heavy (non-hydrogen) atoms. The van der Waals surface area contributed by atoms with Gasteiger partial charge in [-0.25, -0.2) is 8.78 Å². The topological polar surface area (TPSA) is 153 Å². The number of nitrogens with one attached hydrogen (secondary N) is 4. The molecule has 0 radical (unpaired) electrons. The number of piperidine rings is 1. The van der Waals surface area contributed by atoms with Gasteiger partial charge < -0.3 is 35.8 Å². The second-order valence-electron chi connectivity index (χ2n) is 13.5. The fourth-order valence-corrected chi connectivity index (χ4v) is 7.17. The molecule has 11 nitrogen and oxygen atoms in total.